The van der Waals surface area contributed by atoms with E-state index in [0.717, 1.165) is 15.8 Å². The summed E-state index contributed by atoms with van der Waals surface area (Å²) in [5.74, 6) is 0.609. The maximum absolute atomic E-state index is 11.9. The van der Waals surface area contributed by atoms with Crippen LogP contribution in [0.25, 0.3) is 0 Å². The van der Waals surface area contributed by atoms with Crippen LogP contribution in [-0.2, 0) is 6.54 Å². The monoisotopic (exact) mass is 308 g/mol. The molecule has 1 amide bonds. The normalized spacial score (nSPS) is 10.4. The minimum atomic E-state index is -0.125. The van der Waals surface area contributed by atoms with Gasteiger partial charge in [0.25, 0.3) is 5.91 Å². The quantitative estimate of drug-likeness (QED) is 0.948. The van der Waals surface area contributed by atoms with Gasteiger partial charge in [0.1, 0.15) is 11.5 Å². The van der Waals surface area contributed by atoms with Crippen molar-refractivity contribution in [1.29, 1.82) is 0 Å². The minimum absolute atomic E-state index is 0.125. The number of amides is 1. The Balaban J connectivity index is 2.03. The molecule has 0 fully saturated rings. The van der Waals surface area contributed by atoms with Gasteiger partial charge in [0, 0.05) is 16.1 Å². The first-order chi connectivity index (χ1) is 8.54. The molecule has 94 valence electrons. The molecular formula is C13H13BrN2O2. The van der Waals surface area contributed by atoms with Crippen LogP contribution in [0.15, 0.2) is 33.3 Å². The standard InChI is InChI=1S/C13H13BrN2O2/c1-8-3-10(6-11(14)4-8)13(17)15-7-12-5-9(2)18-16-12/h3-6H,7H2,1-2H3,(H,15,17). The third-order valence-electron chi connectivity index (χ3n) is 2.41. The van der Waals surface area contributed by atoms with E-state index in [-0.39, 0.29) is 5.91 Å². The van der Waals surface area contributed by atoms with Crippen molar-refractivity contribution in [3.8, 4) is 0 Å². The lowest BCUT2D eigenvalue weighted by atomic mass is 10.1. The van der Waals surface area contributed by atoms with E-state index in [4.69, 9.17) is 4.52 Å². The molecule has 4 nitrogen and oxygen atoms in total. The van der Waals surface area contributed by atoms with Crippen molar-refractivity contribution in [2.45, 2.75) is 20.4 Å². The lowest BCUT2D eigenvalue weighted by Crippen LogP contribution is -2.23. The summed E-state index contributed by atoms with van der Waals surface area (Å²) in [6, 6.07) is 7.38. The minimum Gasteiger partial charge on any atom is -0.361 e. The number of aryl methyl sites for hydroxylation is 2. The molecule has 0 saturated heterocycles. The Bertz CT molecular complexity index is 558. The molecule has 1 N–H and O–H groups in total. The highest BCUT2D eigenvalue weighted by Crippen LogP contribution is 2.15. The van der Waals surface area contributed by atoms with E-state index in [9.17, 15) is 4.79 Å². The third kappa shape index (κ3) is 3.20. The van der Waals surface area contributed by atoms with Crippen molar-refractivity contribution < 1.29 is 9.32 Å². The summed E-state index contributed by atoms with van der Waals surface area (Å²) in [5, 5.41) is 6.62. The molecule has 5 heteroatoms. The maximum atomic E-state index is 11.9. The van der Waals surface area contributed by atoms with Gasteiger partial charge in [-0.2, -0.15) is 0 Å². The van der Waals surface area contributed by atoms with Gasteiger partial charge in [-0.25, -0.2) is 0 Å². The van der Waals surface area contributed by atoms with Crippen LogP contribution >= 0.6 is 15.9 Å². The summed E-state index contributed by atoms with van der Waals surface area (Å²) in [7, 11) is 0. The summed E-state index contributed by atoms with van der Waals surface area (Å²) in [4.78, 5) is 11.9. The summed E-state index contributed by atoms with van der Waals surface area (Å²) < 4.78 is 5.83. The molecule has 1 aromatic carbocycles. The van der Waals surface area contributed by atoms with Crippen molar-refractivity contribution in [3.05, 3.63) is 51.3 Å². The Morgan fingerprint density at radius 1 is 1.33 bits per heavy atom. The highest BCUT2D eigenvalue weighted by Gasteiger charge is 2.08. The summed E-state index contributed by atoms with van der Waals surface area (Å²) in [5.41, 5.74) is 2.38. The number of aromatic nitrogens is 1. The number of nitrogens with one attached hydrogen (secondary N) is 1. The molecule has 0 bridgehead atoms. The van der Waals surface area contributed by atoms with Crippen LogP contribution in [0.3, 0.4) is 0 Å². The zero-order chi connectivity index (χ0) is 13.1. The molecule has 0 aliphatic carbocycles. The fourth-order valence-corrected chi connectivity index (χ4v) is 2.25. The first-order valence-electron chi connectivity index (χ1n) is 5.52. The van der Waals surface area contributed by atoms with Crippen molar-refractivity contribution >= 4 is 21.8 Å². The summed E-state index contributed by atoms with van der Waals surface area (Å²) in [6.45, 7) is 4.13. The van der Waals surface area contributed by atoms with Gasteiger partial charge in [-0.05, 0) is 37.6 Å². The van der Waals surface area contributed by atoms with Gasteiger partial charge in [0.15, 0.2) is 0 Å². The van der Waals surface area contributed by atoms with Crippen LogP contribution in [0.1, 0.15) is 27.4 Å². The molecular weight excluding hydrogens is 296 g/mol. The number of hydrogen-bond acceptors (Lipinski definition) is 3. The Hall–Kier alpha value is -1.62. The average Bonchev–Trinajstić information content (AvgIpc) is 2.70. The second kappa shape index (κ2) is 5.35. The predicted molar refractivity (Wildman–Crippen MR) is 71.3 cm³/mol. The SMILES string of the molecule is Cc1cc(Br)cc(C(=O)NCc2cc(C)on2)c1. The van der Waals surface area contributed by atoms with Gasteiger partial charge in [0.2, 0.25) is 0 Å². The molecule has 0 atom stereocenters. The third-order valence-corrected chi connectivity index (χ3v) is 2.87. The van der Waals surface area contributed by atoms with Crippen molar-refractivity contribution in [1.82, 2.24) is 10.5 Å². The van der Waals surface area contributed by atoms with E-state index >= 15 is 0 Å². The lowest BCUT2D eigenvalue weighted by Gasteiger charge is -2.04. The second-order valence-corrected chi connectivity index (χ2v) is 5.04. The zero-order valence-electron chi connectivity index (χ0n) is 10.2. The molecule has 0 spiro atoms. The van der Waals surface area contributed by atoms with Crippen LogP contribution < -0.4 is 5.32 Å². The number of rotatable bonds is 3. The predicted octanol–water partition coefficient (Wildman–Crippen LogP) is 2.98. The fraction of sp³-hybridized carbons (Fsp3) is 0.231. The van der Waals surface area contributed by atoms with Gasteiger partial charge in [-0.1, -0.05) is 21.1 Å². The Kier molecular flexibility index (Phi) is 3.81. The second-order valence-electron chi connectivity index (χ2n) is 4.13. The Morgan fingerprint density at radius 2 is 2.11 bits per heavy atom. The first-order valence-corrected chi connectivity index (χ1v) is 6.31. The lowest BCUT2D eigenvalue weighted by molar-refractivity contribution is 0.0950. The van der Waals surface area contributed by atoms with E-state index in [1.807, 2.05) is 26.0 Å². The van der Waals surface area contributed by atoms with Gasteiger partial charge in [-0.15, -0.1) is 0 Å². The van der Waals surface area contributed by atoms with E-state index in [1.54, 1.807) is 12.1 Å². The number of halogens is 1. The molecule has 1 heterocycles. The molecule has 18 heavy (non-hydrogen) atoms. The van der Waals surface area contributed by atoms with Gasteiger partial charge < -0.3 is 9.84 Å². The van der Waals surface area contributed by atoms with E-state index in [0.29, 0.717) is 17.8 Å². The molecule has 2 aromatic rings. The zero-order valence-corrected chi connectivity index (χ0v) is 11.7. The number of carbonyl (C=O) groups is 1. The molecule has 0 unspecified atom stereocenters. The number of hydrogen-bond donors (Lipinski definition) is 1. The topological polar surface area (TPSA) is 55.1 Å². The average molecular weight is 309 g/mol. The highest BCUT2D eigenvalue weighted by molar-refractivity contribution is 9.10. The number of benzene rings is 1. The maximum Gasteiger partial charge on any atom is 0.251 e. The number of carbonyl (C=O) groups excluding carboxylic acids is 1. The van der Waals surface area contributed by atoms with E-state index < -0.39 is 0 Å². The molecule has 1 aromatic heterocycles. The van der Waals surface area contributed by atoms with E-state index in [2.05, 4.69) is 26.4 Å². The summed E-state index contributed by atoms with van der Waals surface area (Å²) in [6.07, 6.45) is 0. The molecule has 2 rings (SSSR count). The first kappa shape index (κ1) is 12.8. The van der Waals surface area contributed by atoms with Crippen LogP contribution in [0, 0.1) is 13.8 Å². The van der Waals surface area contributed by atoms with Gasteiger partial charge >= 0.3 is 0 Å². The van der Waals surface area contributed by atoms with Crippen molar-refractivity contribution in [2.75, 3.05) is 0 Å². The van der Waals surface area contributed by atoms with E-state index in [1.165, 1.54) is 0 Å². The van der Waals surface area contributed by atoms with Crippen LogP contribution in [0.5, 0.6) is 0 Å². The molecule has 0 saturated carbocycles. The van der Waals surface area contributed by atoms with Gasteiger partial charge in [-0.3, -0.25) is 4.79 Å². The highest BCUT2D eigenvalue weighted by atomic mass is 79.9. The van der Waals surface area contributed by atoms with Crippen molar-refractivity contribution in [2.24, 2.45) is 0 Å². The fourth-order valence-electron chi connectivity index (χ4n) is 1.64. The largest absolute Gasteiger partial charge is 0.361 e. The van der Waals surface area contributed by atoms with Crippen LogP contribution in [-0.4, -0.2) is 11.1 Å². The summed E-state index contributed by atoms with van der Waals surface area (Å²) >= 11 is 3.37. The Morgan fingerprint density at radius 3 is 2.72 bits per heavy atom. The molecule has 0 aliphatic heterocycles. The molecule has 0 aliphatic rings. The van der Waals surface area contributed by atoms with Crippen LogP contribution in [0.4, 0.5) is 0 Å². The van der Waals surface area contributed by atoms with Crippen molar-refractivity contribution in [3.63, 3.8) is 0 Å². The molecule has 0 radical (unpaired) electrons. The number of nitrogens with zero attached hydrogens (tertiary/aromatic N) is 1. The Labute approximate surface area is 113 Å². The van der Waals surface area contributed by atoms with Gasteiger partial charge in [0.05, 0.1) is 6.54 Å². The smallest absolute Gasteiger partial charge is 0.251 e. The van der Waals surface area contributed by atoms with Crippen LogP contribution in [0.2, 0.25) is 0 Å².